The molecule has 2 rings (SSSR count). The zero-order valence-electron chi connectivity index (χ0n) is 14.2. The Kier molecular flexibility index (Phi) is 9.02. The molecule has 0 saturated carbocycles. The number of thioether (sulfide) groups is 1. The normalized spacial score (nSPS) is 16.5. The summed E-state index contributed by atoms with van der Waals surface area (Å²) in [5, 5.41) is 7.00. The van der Waals surface area contributed by atoms with Gasteiger partial charge in [-0.25, -0.2) is 4.39 Å². The Morgan fingerprint density at radius 1 is 1.14 bits per heavy atom. The summed E-state index contributed by atoms with van der Waals surface area (Å²) in [7, 11) is 1.00. The van der Waals surface area contributed by atoms with Crippen LogP contribution in [0.2, 0.25) is 0 Å². The zero-order valence-corrected chi connectivity index (χ0v) is 15.0. The highest BCUT2D eigenvalue weighted by atomic mass is 32.2. The highest BCUT2D eigenvalue weighted by molar-refractivity contribution is 7.99. The summed E-state index contributed by atoms with van der Waals surface area (Å²) in [5.74, 6) is 0.870. The highest BCUT2D eigenvalue weighted by Gasteiger charge is 2.18. The third-order valence-electron chi connectivity index (χ3n) is 3.79. The third-order valence-corrected chi connectivity index (χ3v) is 4.64. The van der Waals surface area contributed by atoms with Crippen molar-refractivity contribution in [2.45, 2.75) is 38.3 Å². The molecule has 0 aromatic heterocycles. The average Bonchev–Trinajstić information content (AvgIpc) is 2.49. The van der Waals surface area contributed by atoms with Gasteiger partial charge in [-0.2, -0.15) is 0 Å². The summed E-state index contributed by atoms with van der Waals surface area (Å²) in [5.41, 5.74) is 1.10. The van der Waals surface area contributed by atoms with Crippen molar-refractivity contribution in [2.75, 3.05) is 39.0 Å². The van der Waals surface area contributed by atoms with Crippen molar-refractivity contribution in [3.8, 4) is 0 Å². The molecule has 0 amide bonds. The lowest BCUT2D eigenvalue weighted by atomic mass is 10.2. The molecule has 0 radical (unpaired) electrons. The molecule has 1 aliphatic heterocycles. The molecule has 0 bridgehead atoms. The van der Waals surface area contributed by atoms with Gasteiger partial charge in [0.15, 0.2) is 0 Å². The van der Waals surface area contributed by atoms with Gasteiger partial charge in [-0.1, -0.05) is 6.92 Å². The molecule has 1 heterocycles. The average molecular weight is 328 g/mol. The molecule has 1 saturated heterocycles. The summed E-state index contributed by atoms with van der Waals surface area (Å²) in [6.45, 7) is 11.8. The van der Waals surface area contributed by atoms with Crippen LogP contribution in [0.4, 0.5) is 4.39 Å². The van der Waals surface area contributed by atoms with E-state index in [0.717, 1.165) is 56.0 Å². The molecule has 126 valence electrons. The molecule has 3 nitrogen and oxygen atoms in total. The Labute approximate surface area is 138 Å². The van der Waals surface area contributed by atoms with Gasteiger partial charge in [-0.05, 0) is 43.4 Å². The second-order valence-electron chi connectivity index (χ2n) is 5.63. The quantitative estimate of drug-likeness (QED) is 0.841. The van der Waals surface area contributed by atoms with Gasteiger partial charge in [0.1, 0.15) is 5.82 Å². The lowest BCUT2D eigenvalue weighted by Gasteiger charge is -2.37. The maximum atomic E-state index is 13.6. The fourth-order valence-electron chi connectivity index (χ4n) is 2.66. The number of hydrogen-bond donors (Lipinski definition) is 1. The van der Waals surface area contributed by atoms with Crippen LogP contribution in [0, 0.1) is 5.82 Å². The summed E-state index contributed by atoms with van der Waals surface area (Å²) in [4.78, 5) is 5.97. The van der Waals surface area contributed by atoms with E-state index in [9.17, 15) is 4.39 Å². The monoisotopic (exact) mass is 328 g/mol. The van der Waals surface area contributed by atoms with E-state index in [4.69, 9.17) is 5.11 Å². The minimum absolute atomic E-state index is 0.112. The number of halogens is 1. The van der Waals surface area contributed by atoms with Crippen LogP contribution in [0.3, 0.4) is 0 Å². The predicted octanol–water partition coefficient (Wildman–Crippen LogP) is 3.07. The van der Waals surface area contributed by atoms with Gasteiger partial charge < -0.3 is 5.11 Å². The van der Waals surface area contributed by atoms with E-state index in [2.05, 4.69) is 36.6 Å². The van der Waals surface area contributed by atoms with Gasteiger partial charge in [0.2, 0.25) is 0 Å². The van der Waals surface area contributed by atoms with Crippen molar-refractivity contribution in [3.63, 3.8) is 0 Å². The molecule has 1 aromatic carbocycles. The summed E-state index contributed by atoms with van der Waals surface area (Å²) < 4.78 is 13.6. The first kappa shape index (κ1) is 19.4. The number of benzene rings is 1. The Morgan fingerprint density at radius 2 is 1.77 bits per heavy atom. The maximum Gasteiger partial charge on any atom is 0.124 e. The second-order valence-corrected chi connectivity index (χ2v) is 6.97. The summed E-state index contributed by atoms with van der Waals surface area (Å²) in [6, 6.07) is 6.06. The molecule has 0 spiro atoms. The molecule has 1 fully saturated rings. The molecule has 0 unspecified atom stereocenters. The number of hydrogen-bond acceptors (Lipinski definition) is 4. The number of rotatable bonds is 5. The van der Waals surface area contributed by atoms with Crippen LogP contribution in [0.5, 0.6) is 0 Å². The van der Waals surface area contributed by atoms with E-state index in [-0.39, 0.29) is 5.82 Å². The van der Waals surface area contributed by atoms with Crippen LogP contribution >= 0.6 is 11.8 Å². The molecule has 1 N–H and O–H groups in total. The van der Waals surface area contributed by atoms with Crippen molar-refractivity contribution in [2.24, 2.45) is 0 Å². The summed E-state index contributed by atoms with van der Waals surface area (Å²) >= 11 is 1.70. The van der Waals surface area contributed by atoms with Crippen molar-refractivity contribution in [1.29, 1.82) is 0 Å². The second kappa shape index (κ2) is 10.2. The van der Waals surface area contributed by atoms with E-state index >= 15 is 0 Å². The maximum absolute atomic E-state index is 13.6. The molecular formula is C17H29FN2OS. The first-order chi connectivity index (χ1) is 10.6. The Balaban J connectivity index is 0.00000116. The van der Waals surface area contributed by atoms with Gasteiger partial charge in [0.25, 0.3) is 0 Å². The summed E-state index contributed by atoms with van der Waals surface area (Å²) in [6.07, 6.45) is 0. The topological polar surface area (TPSA) is 26.7 Å². The molecular weight excluding hydrogens is 299 g/mol. The number of piperazine rings is 1. The van der Waals surface area contributed by atoms with E-state index < -0.39 is 0 Å². The first-order valence-electron chi connectivity index (χ1n) is 7.92. The van der Waals surface area contributed by atoms with Crippen LogP contribution in [-0.4, -0.2) is 60.0 Å². The van der Waals surface area contributed by atoms with E-state index in [1.807, 2.05) is 0 Å². The minimum atomic E-state index is -0.112. The van der Waals surface area contributed by atoms with Crippen molar-refractivity contribution < 1.29 is 9.50 Å². The van der Waals surface area contributed by atoms with E-state index in [1.54, 1.807) is 23.9 Å². The molecule has 5 heteroatoms. The number of aliphatic hydroxyl groups excluding tert-OH is 1. The standard InChI is InChI=1S/C16H25FN2S.CH4O/c1-4-20-16-10-14(9-15(17)11-16)12-18-5-7-19(8-6-18)13(2)3;1-2/h9-11,13H,4-8,12H2,1-3H3;2H,1H3. The smallest absolute Gasteiger partial charge is 0.124 e. The first-order valence-corrected chi connectivity index (χ1v) is 8.90. The van der Waals surface area contributed by atoms with Crippen molar-refractivity contribution in [1.82, 2.24) is 9.80 Å². The van der Waals surface area contributed by atoms with E-state index in [1.165, 1.54) is 0 Å². The van der Waals surface area contributed by atoms with Gasteiger partial charge in [-0.15, -0.1) is 11.8 Å². The minimum Gasteiger partial charge on any atom is -0.400 e. The van der Waals surface area contributed by atoms with E-state index in [0.29, 0.717) is 6.04 Å². The molecule has 0 atom stereocenters. The van der Waals surface area contributed by atoms with Crippen molar-refractivity contribution >= 4 is 11.8 Å². The number of nitrogens with zero attached hydrogens (tertiary/aromatic N) is 2. The van der Waals surface area contributed by atoms with Gasteiger partial charge >= 0.3 is 0 Å². The highest BCUT2D eigenvalue weighted by Crippen LogP contribution is 2.22. The van der Waals surface area contributed by atoms with Crippen LogP contribution in [0.25, 0.3) is 0 Å². The van der Waals surface area contributed by atoms with Crippen LogP contribution in [-0.2, 0) is 6.54 Å². The molecule has 0 aliphatic carbocycles. The number of aliphatic hydroxyl groups is 1. The van der Waals surface area contributed by atoms with Gasteiger partial charge in [0.05, 0.1) is 0 Å². The zero-order chi connectivity index (χ0) is 16.5. The molecule has 1 aromatic rings. The Hall–Kier alpha value is -0.620. The van der Waals surface area contributed by atoms with Crippen LogP contribution < -0.4 is 0 Å². The van der Waals surface area contributed by atoms with Gasteiger partial charge in [-0.3, -0.25) is 9.80 Å². The van der Waals surface area contributed by atoms with Crippen molar-refractivity contribution in [3.05, 3.63) is 29.6 Å². The lowest BCUT2D eigenvalue weighted by molar-refractivity contribution is 0.104. The third kappa shape index (κ3) is 6.24. The fraction of sp³-hybridized carbons (Fsp3) is 0.647. The molecule has 1 aliphatic rings. The SMILES string of the molecule is CCSc1cc(F)cc(CN2CCN(C(C)C)CC2)c1.CO. The lowest BCUT2D eigenvalue weighted by Crippen LogP contribution is -2.48. The Morgan fingerprint density at radius 3 is 2.32 bits per heavy atom. The van der Waals surface area contributed by atoms with Crippen LogP contribution in [0.1, 0.15) is 26.3 Å². The fourth-order valence-corrected chi connectivity index (χ4v) is 3.42. The Bertz CT molecular complexity index is 435. The largest absolute Gasteiger partial charge is 0.400 e. The molecule has 22 heavy (non-hydrogen) atoms. The van der Waals surface area contributed by atoms with Gasteiger partial charge in [0, 0.05) is 50.8 Å². The predicted molar refractivity (Wildman–Crippen MR) is 92.9 cm³/mol. The van der Waals surface area contributed by atoms with Crippen LogP contribution in [0.15, 0.2) is 23.1 Å².